The zero-order chi connectivity index (χ0) is 21.2. The minimum Gasteiger partial charge on any atom is -0.394 e. The number of aliphatic hydroxyl groups excluding tert-OH is 3. The predicted octanol–water partition coefficient (Wildman–Crippen LogP) is 4.52. The molecule has 0 unspecified atom stereocenters. The fourth-order valence-corrected chi connectivity index (χ4v) is 3.79. The van der Waals surface area contributed by atoms with Crippen molar-refractivity contribution in [2.45, 2.75) is 121 Å². The summed E-state index contributed by atoms with van der Waals surface area (Å²) in [7, 11) is 0. The van der Waals surface area contributed by atoms with Gasteiger partial charge in [-0.3, -0.25) is 0 Å². The first-order valence-corrected chi connectivity index (χ1v) is 12.1. The minimum absolute atomic E-state index is 0.275. The van der Waals surface area contributed by atoms with E-state index in [4.69, 9.17) is 14.6 Å². The van der Waals surface area contributed by atoms with Crippen molar-refractivity contribution in [1.29, 1.82) is 0 Å². The summed E-state index contributed by atoms with van der Waals surface area (Å²) in [6, 6.07) is 0. The first kappa shape index (κ1) is 26.6. The van der Waals surface area contributed by atoms with Crippen LogP contribution in [0.5, 0.6) is 0 Å². The van der Waals surface area contributed by atoms with Gasteiger partial charge in [0.15, 0.2) is 0 Å². The maximum Gasteiger partial charge on any atom is 0.114 e. The van der Waals surface area contributed by atoms with Crippen LogP contribution in [0.1, 0.15) is 96.8 Å². The average molecular weight is 415 g/mol. The summed E-state index contributed by atoms with van der Waals surface area (Å²) in [5.74, 6) is 0. The van der Waals surface area contributed by atoms with E-state index in [1.165, 1.54) is 77.0 Å². The highest BCUT2D eigenvalue weighted by Gasteiger charge is 2.40. The lowest BCUT2D eigenvalue weighted by atomic mass is 10.1. The molecule has 1 saturated heterocycles. The van der Waals surface area contributed by atoms with Crippen LogP contribution in [0.25, 0.3) is 0 Å². The molecule has 0 aromatic heterocycles. The van der Waals surface area contributed by atoms with E-state index in [-0.39, 0.29) is 6.61 Å². The van der Waals surface area contributed by atoms with Crippen molar-refractivity contribution in [2.24, 2.45) is 0 Å². The SMILES string of the molecule is CCCCC/C=C/CCCCCCCCCCCO[C@@H]1CO[C@H]([C@@H](O)CO)[C@@H]1O. The molecular formula is C24H46O5. The van der Waals surface area contributed by atoms with Gasteiger partial charge in [0.05, 0.1) is 13.2 Å². The number of hydrogen-bond acceptors (Lipinski definition) is 5. The Morgan fingerprint density at radius 1 is 0.897 bits per heavy atom. The molecule has 5 nitrogen and oxygen atoms in total. The van der Waals surface area contributed by atoms with Crippen LogP contribution in [0, 0.1) is 0 Å². The highest BCUT2D eigenvalue weighted by Crippen LogP contribution is 2.20. The van der Waals surface area contributed by atoms with E-state index in [0.29, 0.717) is 6.61 Å². The maximum absolute atomic E-state index is 10.1. The van der Waals surface area contributed by atoms with Crippen molar-refractivity contribution in [3.63, 3.8) is 0 Å². The van der Waals surface area contributed by atoms with E-state index >= 15 is 0 Å². The van der Waals surface area contributed by atoms with Crippen LogP contribution in [0.2, 0.25) is 0 Å². The zero-order valence-corrected chi connectivity index (χ0v) is 18.6. The van der Waals surface area contributed by atoms with E-state index in [1.807, 2.05) is 0 Å². The fraction of sp³-hybridized carbons (Fsp3) is 0.917. The highest BCUT2D eigenvalue weighted by molar-refractivity contribution is 4.88. The number of unbranched alkanes of at least 4 members (excludes halogenated alkanes) is 12. The van der Waals surface area contributed by atoms with Gasteiger partial charge in [-0.1, -0.05) is 76.9 Å². The normalized spacial score (nSPS) is 23.2. The third-order valence-electron chi connectivity index (χ3n) is 5.72. The van der Waals surface area contributed by atoms with Crippen molar-refractivity contribution < 1.29 is 24.8 Å². The Balaban J connectivity index is 1.82. The van der Waals surface area contributed by atoms with Gasteiger partial charge in [-0.25, -0.2) is 0 Å². The summed E-state index contributed by atoms with van der Waals surface area (Å²) < 4.78 is 11.0. The Morgan fingerprint density at radius 2 is 1.45 bits per heavy atom. The second kappa shape index (κ2) is 18.3. The number of ether oxygens (including phenoxy) is 2. The third-order valence-corrected chi connectivity index (χ3v) is 5.72. The molecule has 0 spiro atoms. The molecule has 1 heterocycles. The molecule has 1 fully saturated rings. The topological polar surface area (TPSA) is 79.2 Å². The lowest BCUT2D eigenvalue weighted by Crippen LogP contribution is -2.41. The highest BCUT2D eigenvalue weighted by atomic mass is 16.6. The minimum atomic E-state index is -1.05. The molecule has 5 heteroatoms. The number of allylic oxidation sites excluding steroid dienone is 2. The van der Waals surface area contributed by atoms with Gasteiger partial charge in [0.1, 0.15) is 24.4 Å². The second-order valence-corrected chi connectivity index (χ2v) is 8.39. The van der Waals surface area contributed by atoms with Crippen molar-refractivity contribution in [2.75, 3.05) is 19.8 Å². The lowest BCUT2D eigenvalue weighted by molar-refractivity contribution is -0.0730. The van der Waals surface area contributed by atoms with Crippen LogP contribution in [0.15, 0.2) is 12.2 Å². The van der Waals surface area contributed by atoms with Crippen molar-refractivity contribution in [3.05, 3.63) is 12.2 Å². The Hall–Kier alpha value is -0.460. The van der Waals surface area contributed by atoms with Gasteiger partial charge in [0.25, 0.3) is 0 Å². The Morgan fingerprint density at radius 3 is 2.03 bits per heavy atom. The van der Waals surface area contributed by atoms with Gasteiger partial charge in [0, 0.05) is 6.61 Å². The number of hydrogen-bond donors (Lipinski definition) is 3. The van der Waals surface area contributed by atoms with Gasteiger partial charge in [-0.15, -0.1) is 0 Å². The van der Waals surface area contributed by atoms with Crippen LogP contribution in [-0.4, -0.2) is 59.6 Å². The molecule has 1 rings (SSSR count). The molecule has 4 atom stereocenters. The van der Waals surface area contributed by atoms with Crippen LogP contribution >= 0.6 is 0 Å². The quantitative estimate of drug-likeness (QED) is 0.214. The van der Waals surface area contributed by atoms with E-state index in [1.54, 1.807) is 0 Å². The average Bonchev–Trinajstić information content (AvgIpc) is 3.10. The predicted molar refractivity (Wildman–Crippen MR) is 118 cm³/mol. The Bertz CT molecular complexity index is 387. The van der Waals surface area contributed by atoms with Crippen LogP contribution in [-0.2, 0) is 9.47 Å². The molecule has 29 heavy (non-hydrogen) atoms. The first-order valence-electron chi connectivity index (χ1n) is 12.1. The van der Waals surface area contributed by atoms with Gasteiger partial charge < -0.3 is 24.8 Å². The summed E-state index contributed by atoms with van der Waals surface area (Å²) in [5, 5.41) is 28.6. The van der Waals surface area contributed by atoms with E-state index in [2.05, 4.69) is 19.1 Å². The second-order valence-electron chi connectivity index (χ2n) is 8.39. The molecular weight excluding hydrogens is 368 g/mol. The van der Waals surface area contributed by atoms with E-state index in [9.17, 15) is 10.2 Å². The molecule has 1 aliphatic heterocycles. The Kier molecular flexibility index (Phi) is 16.8. The molecule has 172 valence electrons. The van der Waals surface area contributed by atoms with Gasteiger partial charge in [-0.2, -0.15) is 0 Å². The molecule has 1 aliphatic rings. The van der Waals surface area contributed by atoms with Crippen molar-refractivity contribution in [3.8, 4) is 0 Å². The molecule has 0 aromatic rings. The third kappa shape index (κ3) is 12.7. The molecule has 3 N–H and O–H groups in total. The summed E-state index contributed by atoms with van der Waals surface area (Å²) >= 11 is 0. The van der Waals surface area contributed by atoms with Gasteiger partial charge in [-0.05, 0) is 32.1 Å². The molecule has 0 radical (unpaired) electrons. The van der Waals surface area contributed by atoms with Crippen molar-refractivity contribution >= 4 is 0 Å². The van der Waals surface area contributed by atoms with Gasteiger partial charge >= 0.3 is 0 Å². The standard InChI is InChI=1S/C24H46O5/c1-2-3-4-5-6-7-8-9-10-11-12-13-14-15-16-17-18-28-22-20-29-24(23(22)27)21(26)19-25/h6-7,21-27H,2-5,8-20H2,1H3/b7-6+/t21-,22+,23+,24+/m0/s1. The van der Waals surface area contributed by atoms with Crippen molar-refractivity contribution in [1.82, 2.24) is 0 Å². The fourth-order valence-electron chi connectivity index (χ4n) is 3.79. The molecule has 0 saturated carbocycles. The monoisotopic (exact) mass is 414 g/mol. The summed E-state index contributed by atoms with van der Waals surface area (Å²) in [6.45, 7) is 2.72. The van der Waals surface area contributed by atoms with Crippen LogP contribution < -0.4 is 0 Å². The van der Waals surface area contributed by atoms with E-state index < -0.39 is 31.0 Å². The number of aliphatic hydroxyl groups is 3. The van der Waals surface area contributed by atoms with Crippen LogP contribution in [0.3, 0.4) is 0 Å². The maximum atomic E-state index is 10.1. The Labute approximate surface area is 178 Å². The smallest absolute Gasteiger partial charge is 0.114 e. The zero-order valence-electron chi connectivity index (χ0n) is 18.6. The first-order chi connectivity index (χ1) is 14.2. The largest absolute Gasteiger partial charge is 0.394 e. The molecule has 0 amide bonds. The summed E-state index contributed by atoms with van der Waals surface area (Å²) in [6.07, 6.45) is 19.5. The summed E-state index contributed by atoms with van der Waals surface area (Å²) in [4.78, 5) is 0. The van der Waals surface area contributed by atoms with E-state index in [0.717, 1.165) is 12.8 Å². The number of rotatable bonds is 19. The van der Waals surface area contributed by atoms with Crippen LogP contribution in [0.4, 0.5) is 0 Å². The lowest BCUT2D eigenvalue weighted by Gasteiger charge is -2.20. The molecule has 0 bridgehead atoms. The molecule has 0 aliphatic carbocycles. The van der Waals surface area contributed by atoms with Gasteiger partial charge in [0.2, 0.25) is 0 Å². The summed E-state index contributed by atoms with van der Waals surface area (Å²) in [5.41, 5.74) is 0. The molecule has 0 aromatic carbocycles.